The topological polar surface area (TPSA) is 37.8 Å². The molecule has 1 aromatic rings. The number of aromatic nitrogens is 2. The quantitative estimate of drug-likeness (QED) is 0.805. The first-order chi connectivity index (χ1) is 8.26. The van der Waals surface area contributed by atoms with Crippen LogP contribution >= 0.6 is 11.6 Å². The van der Waals surface area contributed by atoms with Gasteiger partial charge in [-0.3, -0.25) is 0 Å². The number of nitrogens with one attached hydrogen (secondary N) is 1. The lowest BCUT2D eigenvalue weighted by molar-refractivity contribution is 0.376. The molecule has 0 spiro atoms. The molecule has 102 valence electrons. The highest BCUT2D eigenvalue weighted by Gasteiger charge is 2.17. The van der Waals surface area contributed by atoms with Gasteiger partial charge < -0.3 is 5.32 Å². The van der Waals surface area contributed by atoms with E-state index in [9.17, 15) is 0 Å². The molecular formula is C14H24ClN3. The van der Waals surface area contributed by atoms with Gasteiger partial charge in [-0.15, -0.1) is 0 Å². The zero-order valence-corrected chi connectivity index (χ0v) is 13.0. The summed E-state index contributed by atoms with van der Waals surface area (Å²) in [4.78, 5) is 8.88. The summed E-state index contributed by atoms with van der Waals surface area (Å²) in [6, 6.07) is 0. The molecule has 0 saturated heterocycles. The molecule has 0 bridgehead atoms. The lowest BCUT2D eigenvalue weighted by atomic mass is 9.90. The summed E-state index contributed by atoms with van der Waals surface area (Å²) in [7, 11) is 0. The zero-order valence-electron chi connectivity index (χ0n) is 12.3. The third kappa shape index (κ3) is 3.84. The van der Waals surface area contributed by atoms with Gasteiger partial charge in [0, 0.05) is 18.0 Å². The van der Waals surface area contributed by atoms with Crippen molar-refractivity contribution in [3.05, 3.63) is 16.5 Å². The second-order valence-corrected chi connectivity index (χ2v) is 6.23. The van der Waals surface area contributed by atoms with E-state index in [0.717, 1.165) is 30.2 Å². The molecule has 4 heteroatoms. The van der Waals surface area contributed by atoms with Crippen molar-refractivity contribution in [1.82, 2.24) is 9.97 Å². The Kier molecular flexibility index (Phi) is 4.97. The van der Waals surface area contributed by atoms with Crippen LogP contribution in [0.4, 0.5) is 5.82 Å². The largest absolute Gasteiger partial charge is 0.369 e. The smallest absolute Gasteiger partial charge is 0.137 e. The first kappa shape index (κ1) is 15.2. The highest BCUT2D eigenvalue weighted by atomic mass is 35.5. The van der Waals surface area contributed by atoms with Gasteiger partial charge in [0.2, 0.25) is 0 Å². The number of halogens is 1. The van der Waals surface area contributed by atoms with Crippen LogP contribution in [0.1, 0.15) is 58.3 Å². The van der Waals surface area contributed by atoms with Crippen molar-refractivity contribution in [3.8, 4) is 0 Å². The molecule has 1 aromatic heterocycles. The van der Waals surface area contributed by atoms with E-state index < -0.39 is 0 Å². The molecule has 0 atom stereocenters. The van der Waals surface area contributed by atoms with E-state index in [1.54, 1.807) is 0 Å². The van der Waals surface area contributed by atoms with Gasteiger partial charge in [0.1, 0.15) is 16.8 Å². The van der Waals surface area contributed by atoms with Crippen molar-refractivity contribution in [1.29, 1.82) is 0 Å². The van der Waals surface area contributed by atoms with E-state index in [4.69, 9.17) is 11.6 Å². The van der Waals surface area contributed by atoms with Gasteiger partial charge in [-0.1, -0.05) is 46.2 Å². The van der Waals surface area contributed by atoms with Crippen molar-refractivity contribution < 1.29 is 0 Å². The van der Waals surface area contributed by atoms with E-state index in [1.807, 2.05) is 6.92 Å². The molecule has 0 aliphatic rings. The summed E-state index contributed by atoms with van der Waals surface area (Å²) in [6.07, 6.45) is 1.12. The van der Waals surface area contributed by atoms with E-state index >= 15 is 0 Å². The van der Waals surface area contributed by atoms with Gasteiger partial charge in [-0.2, -0.15) is 0 Å². The Morgan fingerprint density at radius 1 is 1.28 bits per heavy atom. The third-order valence-electron chi connectivity index (χ3n) is 3.31. The first-order valence-corrected chi connectivity index (χ1v) is 6.92. The molecule has 18 heavy (non-hydrogen) atoms. The van der Waals surface area contributed by atoms with Crippen molar-refractivity contribution in [3.63, 3.8) is 0 Å². The van der Waals surface area contributed by atoms with E-state index in [1.165, 1.54) is 0 Å². The maximum atomic E-state index is 6.16. The summed E-state index contributed by atoms with van der Waals surface area (Å²) in [6.45, 7) is 13.6. The lowest BCUT2D eigenvalue weighted by Gasteiger charge is -2.24. The molecule has 1 heterocycles. The fourth-order valence-electron chi connectivity index (χ4n) is 1.38. The van der Waals surface area contributed by atoms with E-state index in [-0.39, 0.29) is 11.3 Å². The Morgan fingerprint density at radius 3 is 2.39 bits per heavy atom. The van der Waals surface area contributed by atoms with Crippen molar-refractivity contribution >= 4 is 17.4 Å². The monoisotopic (exact) mass is 269 g/mol. The summed E-state index contributed by atoms with van der Waals surface area (Å²) < 4.78 is 0. The van der Waals surface area contributed by atoms with Gasteiger partial charge in [0.15, 0.2) is 0 Å². The summed E-state index contributed by atoms with van der Waals surface area (Å²) in [5, 5.41) is 3.95. The Bertz CT molecular complexity index is 414. The Hall–Kier alpha value is -0.830. The van der Waals surface area contributed by atoms with E-state index in [0.29, 0.717) is 5.15 Å². The molecule has 0 saturated carbocycles. The zero-order chi connectivity index (χ0) is 13.9. The Morgan fingerprint density at radius 2 is 1.89 bits per heavy atom. The maximum Gasteiger partial charge on any atom is 0.137 e. The molecule has 0 aromatic carbocycles. The van der Waals surface area contributed by atoms with Crippen LogP contribution in [0.3, 0.4) is 0 Å². The minimum atomic E-state index is 0.252. The van der Waals surface area contributed by atoms with E-state index in [2.05, 4.69) is 49.9 Å². The minimum absolute atomic E-state index is 0.252. The Balaban J connectivity index is 2.94. The summed E-state index contributed by atoms with van der Waals surface area (Å²) >= 11 is 6.16. The Labute approximate surface area is 115 Å². The van der Waals surface area contributed by atoms with Crippen LogP contribution in [0.15, 0.2) is 0 Å². The van der Waals surface area contributed by atoms with Crippen LogP contribution in [0.5, 0.6) is 0 Å². The number of hydrogen-bond donors (Lipinski definition) is 1. The first-order valence-electron chi connectivity index (χ1n) is 6.54. The van der Waals surface area contributed by atoms with Gasteiger partial charge in [-0.25, -0.2) is 9.97 Å². The molecule has 1 N–H and O–H groups in total. The predicted molar refractivity (Wildman–Crippen MR) is 78.4 cm³/mol. The van der Waals surface area contributed by atoms with Gasteiger partial charge >= 0.3 is 0 Å². The van der Waals surface area contributed by atoms with Crippen LogP contribution in [0.2, 0.25) is 5.15 Å². The third-order valence-corrected chi connectivity index (χ3v) is 3.68. The summed E-state index contributed by atoms with van der Waals surface area (Å²) in [5.74, 6) is 1.94. The number of anilines is 1. The van der Waals surface area contributed by atoms with Crippen molar-refractivity contribution in [2.75, 3.05) is 11.9 Å². The molecule has 0 aliphatic heterocycles. The van der Waals surface area contributed by atoms with Crippen LogP contribution in [0.25, 0.3) is 0 Å². The van der Waals surface area contributed by atoms with Gasteiger partial charge in [0.05, 0.1) is 0 Å². The number of hydrogen-bond acceptors (Lipinski definition) is 3. The fourth-order valence-corrected chi connectivity index (χ4v) is 1.56. The minimum Gasteiger partial charge on any atom is -0.369 e. The highest BCUT2D eigenvalue weighted by molar-refractivity contribution is 6.30. The van der Waals surface area contributed by atoms with Gasteiger partial charge in [-0.05, 0) is 18.8 Å². The average Bonchev–Trinajstić information content (AvgIpc) is 2.30. The molecule has 1 rings (SSSR count). The second-order valence-electron chi connectivity index (χ2n) is 5.87. The van der Waals surface area contributed by atoms with Crippen molar-refractivity contribution in [2.24, 2.45) is 5.41 Å². The highest BCUT2D eigenvalue weighted by Crippen LogP contribution is 2.25. The summed E-state index contributed by atoms with van der Waals surface area (Å²) in [5.41, 5.74) is 1.18. The molecule has 3 nitrogen and oxygen atoms in total. The second kappa shape index (κ2) is 5.87. The van der Waals surface area contributed by atoms with Crippen LogP contribution in [0, 0.1) is 12.3 Å². The van der Waals surface area contributed by atoms with Crippen LogP contribution < -0.4 is 5.32 Å². The molecule has 0 aliphatic carbocycles. The molecule has 0 amide bonds. The van der Waals surface area contributed by atoms with Gasteiger partial charge in [0.25, 0.3) is 0 Å². The lowest BCUT2D eigenvalue weighted by Crippen LogP contribution is -2.23. The average molecular weight is 270 g/mol. The molecule has 0 fully saturated rings. The molecule has 0 unspecified atom stereocenters. The number of nitrogens with zero attached hydrogens (tertiary/aromatic N) is 2. The van der Waals surface area contributed by atoms with Crippen molar-refractivity contribution in [2.45, 2.75) is 53.9 Å². The van der Waals surface area contributed by atoms with Crippen LogP contribution in [-0.2, 0) is 0 Å². The molecular weight excluding hydrogens is 246 g/mol. The standard InChI is InChI=1S/C14H24ClN3/c1-7-14(5,6)8-16-13-10(4)11(15)17-12(18-13)9(2)3/h9H,7-8H2,1-6H3,(H,16,17,18). The predicted octanol–water partition coefficient (Wildman–Crippen LogP) is 4.41. The number of rotatable bonds is 5. The fraction of sp³-hybridized carbons (Fsp3) is 0.714. The van der Waals surface area contributed by atoms with Crippen LogP contribution in [-0.4, -0.2) is 16.5 Å². The normalized spacial score (nSPS) is 12.0. The molecule has 0 radical (unpaired) electrons. The maximum absolute atomic E-state index is 6.16. The SMILES string of the molecule is CCC(C)(C)CNc1nc(C(C)C)nc(Cl)c1C.